The number of rotatable bonds is 9. The number of hydrogen-bond acceptors (Lipinski definition) is 5. The number of benzene rings is 2. The van der Waals surface area contributed by atoms with Gasteiger partial charge < -0.3 is 14.0 Å². The Morgan fingerprint density at radius 1 is 1.07 bits per heavy atom. The lowest BCUT2D eigenvalue weighted by Crippen LogP contribution is -2.17. The number of ether oxygens (including phenoxy) is 2. The van der Waals surface area contributed by atoms with Crippen LogP contribution in [-0.2, 0) is 14.3 Å². The number of carbonyl (C=O) groups is 2. The van der Waals surface area contributed by atoms with Crippen molar-refractivity contribution in [2.24, 2.45) is 0 Å². The van der Waals surface area contributed by atoms with Crippen LogP contribution < -0.4 is 0 Å². The fraction of sp³-hybridized carbons (Fsp3) is 0.333. The maximum Gasteiger partial charge on any atom is 0.316 e. The molecule has 0 unspecified atom stereocenters. The normalized spacial score (nSPS) is 12.1. The van der Waals surface area contributed by atoms with E-state index in [9.17, 15) is 9.59 Å². The highest BCUT2D eigenvalue weighted by atomic mass is 32.2. The van der Waals surface area contributed by atoms with Gasteiger partial charge in [0.25, 0.3) is 0 Å². The second-order valence-corrected chi connectivity index (χ2v) is 8.39. The molecule has 6 heteroatoms. The minimum atomic E-state index is -0.400. The van der Waals surface area contributed by atoms with E-state index < -0.39 is 5.97 Å². The van der Waals surface area contributed by atoms with E-state index in [2.05, 4.69) is 16.7 Å². The van der Waals surface area contributed by atoms with Gasteiger partial charge >= 0.3 is 5.97 Å². The number of nitrogens with zero attached hydrogens (tertiary/aromatic N) is 1. The minimum absolute atomic E-state index is 0.123. The average Bonchev–Trinajstić information content (AvgIpc) is 3.04. The zero-order chi connectivity index (χ0) is 21.7. The fourth-order valence-corrected chi connectivity index (χ4v) is 4.46. The molecule has 0 saturated heterocycles. The van der Waals surface area contributed by atoms with Crippen LogP contribution in [-0.4, -0.2) is 42.4 Å². The Bertz CT molecular complexity index is 1060. The van der Waals surface area contributed by atoms with Gasteiger partial charge in [0.05, 0.1) is 18.4 Å². The van der Waals surface area contributed by atoms with Gasteiger partial charge in [0.1, 0.15) is 0 Å². The molecule has 0 fully saturated rings. The molecule has 3 aromatic rings. The fourth-order valence-electron chi connectivity index (χ4n) is 3.72. The number of aromatic nitrogens is 1. The SMILES string of the molecule is COC[C@H](C)n1c(C)cc(C(=O)COC(=O)CSc2ccc3ccccc3c2)c1C. The monoisotopic (exact) mass is 425 g/mol. The number of Topliss-reactive ketones (excluding diaryl/α,β-unsaturated/α-hetero) is 1. The van der Waals surface area contributed by atoms with Crippen LogP contribution >= 0.6 is 11.8 Å². The molecule has 3 rings (SSSR count). The molecule has 0 saturated carbocycles. The summed E-state index contributed by atoms with van der Waals surface area (Å²) in [5.41, 5.74) is 2.44. The van der Waals surface area contributed by atoms with Gasteiger partial charge in [0.2, 0.25) is 5.78 Å². The minimum Gasteiger partial charge on any atom is -0.457 e. The number of fused-ring (bicyclic) bond motifs is 1. The van der Waals surface area contributed by atoms with Gasteiger partial charge in [-0.05, 0) is 49.7 Å². The van der Waals surface area contributed by atoms with Gasteiger partial charge in [-0.15, -0.1) is 11.8 Å². The van der Waals surface area contributed by atoms with Crippen molar-refractivity contribution in [3.8, 4) is 0 Å². The number of aryl methyl sites for hydroxylation is 1. The van der Waals surface area contributed by atoms with Crippen molar-refractivity contribution in [1.82, 2.24) is 4.57 Å². The van der Waals surface area contributed by atoms with Crippen molar-refractivity contribution in [3.63, 3.8) is 0 Å². The third kappa shape index (κ3) is 5.12. The molecule has 2 aromatic carbocycles. The lowest BCUT2D eigenvalue weighted by Gasteiger charge is -2.17. The first kappa shape index (κ1) is 22.1. The summed E-state index contributed by atoms with van der Waals surface area (Å²) in [4.78, 5) is 25.8. The highest BCUT2D eigenvalue weighted by molar-refractivity contribution is 8.00. The highest BCUT2D eigenvalue weighted by Crippen LogP contribution is 2.24. The van der Waals surface area contributed by atoms with Crippen LogP contribution in [0.15, 0.2) is 53.4 Å². The average molecular weight is 426 g/mol. The Hall–Kier alpha value is -2.57. The number of thioether (sulfide) groups is 1. The molecule has 0 aliphatic rings. The number of carbonyl (C=O) groups excluding carboxylic acids is 2. The zero-order valence-electron chi connectivity index (χ0n) is 17.8. The van der Waals surface area contributed by atoms with Crippen LogP contribution in [0.2, 0.25) is 0 Å². The van der Waals surface area contributed by atoms with Gasteiger partial charge in [-0.2, -0.15) is 0 Å². The maximum atomic E-state index is 12.6. The van der Waals surface area contributed by atoms with Crippen molar-refractivity contribution in [3.05, 3.63) is 65.5 Å². The predicted molar refractivity (Wildman–Crippen MR) is 120 cm³/mol. The van der Waals surface area contributed by atoms with E-state index in [0.29, 0.717) is 12.2 Å². The van der Waals surface area contributed by atoms with E-state index in [4.69, 9.17) is 9.47 Å². The summed E-state index contributed by atoms with van der Waals surface area (Å²) in [5.74, 6) is -0.429. The van der Waals surface area contributed by atoms with E-state index in [1.807, 2.05) is 57.2 Å². The van der Waals surface area contributed by atoms with Crippen LogP contribution in [0.1, 0.15) is 34.7 Å². The lowest BCUT2D eigenvalue weighted by molar-refractivity contribution is -0.139. The number of hydrogen-bond donors (Lipinski definition) is 0. The zero-order valence-corrected chi connectivity index (χ0v) is 18.6. The van der Waals surface area contributed by atoms with Gasteiger partial charge in [-0.3, -0.25) is 9.59 Å². The smallest absolute Gasteiger partial charge is 0.316 e. The number of esters is 1. The molecule has 0 bridgehead atoms. The summed E-state index contributed by atoms with van der Waals surface area (Å²) >= 11 is 1.41. The third-order valence-electron chi connectivity index (χ3n) is 5.08. The van der Waals surface area contributed by atoms with E-state index in [-0.39, 0.29) is 24.2 Å². The van der Waals surface area contributed by atoms with Crippen molar-refractivity contribution in [2.75, 3.05) is 26.1 Å². The molecule has 0 spiro atoms. The highest BCUT2D eigenvalue weighted by Gasteiger charge is 2.20. The molecular weight excluding hydrogens is 398 g/mol. The predicted octanol–water partition coefficient (Wildman–Crippen LogP) is 4.98. The van der Waals surface area contributed by atoms with Crippen LogP contribution in [0, 0.1) is 13.8 Å². The quantitative estimate of drug-likeness (QED) is 0.275. The third-order valence-corrected chi connectivity index (χ3v) is 6.04. The van der Waals surface area contributed by atoms with Crippen molar-refractivity contribution in [1.29, 1.82) is 0 Å². The van der Waals surface area contributed by atoms with Gasteiger partial charge in [-0.1, -0.05) is 30.3 Å². The first-order valence-electron chi connectivity index (χ1n) is 9.88. The largest absolute Gasteiger partial charge is 0.457 e. The second-order valence-electron chi connectivity index (χ2n) is 7.34. The molecule has 0 aliphatic heterocycles. The van der Waals surface area contributed by atoms with Crippen molar-refractivity contribution in [2.45, 2.75) is 31.7 Å². The molecule has 0 aliphatic carbocycles. The van der Waals surface area contributed by atoms with Crippen molar-refractivity contribution >= 4 is 34.3 Å². The first-order chi connectivity index (χ1) is 14.4. The Labute approximate surface area is 181 Å². The molecule has 1 heterocycles. The second kappa shape index (κ2) is 9.96. The Morgan fingerprint density at radius 3 is 2.53 bits per heavy atom. The van der Waals surface area contributed by atoms with Crippen molar-refractivity contribution < 1.29 is 19.1 Å². The molecule has 158 valence electrons. The summed E-state index contributed by atoms with van der Waals surface area (Å²) < 4.78 is 12.5. The molecule has 0 radical (unpaired) electrons. The maximum absolute atomic E-state index is 12.6. The summed E-state index contributed by atoms with van der Waals surface area (Å²) in [7, 11) is 1.66. The van der Waals surface area contributed by atoms with E-state index in [0.717, 1.165) is 27.1 Å². The molecule has 30 heavy (non-hydrogen) atoms. The van der Waals surface area contributed by atoms with Crippen LogP contribution in [0.3, 0.4) is 0 Å². The molecule has 0 N–H and O–H groups in total. The molecule has 1 aromatic heterocycles. The van der Waals surface area contributed by atoms with Crippen LogP contribution in [0.4, 0.5) is 0 Å². The number of methoxy groups -OCH3 is 1. The molecule has 1 atom stereocenters. The molecule has 0 amide bonds. The number of ketones is 1. The van der Waals surface area contributed by atoms with E-state index in [1.165, 1.54) is 11.8 Å². The Balaban J connectivity index is 1.55. The van der Waals surface area contributed by atoms with Gasteiger partial charge in [0.15, 0.2) is 6.61 Å². The van der Waals surface area contributed by atoms with E-state index in [1.54, 1.807) is 7.11 Å². The standard InChI is InChI=1S/C24H27NO4S/c1-16-11-22(18(3)25(16)17(2)13-28-4)23(26)14-29-24(27)15-30-21-10-9-19-7-5-6-8-20(19)12-21/h5-12,17H,13-15H2,1-4H3/t17-/m0/s1. The Kier molecular flexibility index (Phi) is 7.34. The summed E-state index contributed by atoms with van der Waals surface area (Å²) in [6.45, 7) is 6.22. The summed E-state index contributed by atoms with van der Waals surface area (Å²) in [5, 5.41) is 2.29. The summed E-state index contributed by atoms with van der Waals surface area (Å²) in [6.07, 6.45) is 0. The van der Waals surface area contributed by atoms with Gasteiger partial charge in [-0.25, -0.2) is 0 Å². The molecular formula is C24H27NO4S. The lowest BCUT2D eigenvalue weighted by atomic mass is 10.1. The molecule has 5 nitrogen and oxygen atoms in total. The van der Waals surface area contributed by atoms with E-state index >= 15 is 0 Å². The Morgan fingerprint density at radius 2 is 1.80 bits per heavy atom. The van der Waals surface area contributed by atoms with Crippen LogP contribution in [0.5, 0.6) is 0 Å². The summed E-state index contributed by atoms with van der Waals surface area (Å²) in [6, 6.07) is 16.1. The topological polar surface area (TPSA) is 57.5 Å². The van der Waals surface area contributed by atoms with Gasteiger partial charge in [0, 0.05) is 29.0 Å². The van der Waals surface area contributed by atoms with Crippen LogP contribution in [0.25, 0.3) is 10.8 Å². The first-order valence-corrected chi connectivity index (χ1v) is 10.9.